The molecule has 30 nitrogen and oxygen atoms in total. The first kappa shape index (κ1) is 75.3. The van der Waals surface area contributed by atoms with E-state index < -0.39 is 228 Å². The molecule has 0 aromatic rings. The van der Waals surface area contributed by atoms with Gasteiger partial charge in [0.05, 0.1) is 33.2 Å². The maximum Gasteiger partial charge on any atom is 0.303 e. The molecule has 0 spiro atoms. The highest BCUT2D eigenvalue weighted by molar-refractivity contribution is 8.77. The third-order valence-electron chi connectivity index (χ3n) is 12.3. The Balaban J connectivity index is 2.11. The zero-order chi connectivity index (χ0) is 66.0. The van der Waals surface area contributed by atoms with Crippen molar-refractivity contribution in [1.82, 2.24) is 0 Å². The number of thioether (sulfide) groups is 2. The van der Waals surface area contributed by atoms with Gasteiger partial charge in [0.1, 0.15) is 61.7 Å². The maximum atomic E-state index is 13.4. The largest absolute Gasteiger partial charge is 0.463 e. The van der Waals surface area contributed by atoms with Crippen molar-refractivity contribution in [2.24, 2.45) is 0 Å². The van der Waals surface area contributed by atoms with Gasteiger partial charge in [0.15, 0.2) is 61.4 Å². The summed E-state index contributed by atoms with van der Waals surface area (Å²) in [6.07, 6.45) is -22.6. The Hall–Kier alpha value is -5.20. The number of rotatable bonds is 27. The number of hydrogen-bond acceptors (Lipinski definition) is 34. The Morgan fingerprint density at radius 2 is 0.534 bits per heavy atom. The molecule has 0 aliphatic carbocycles. The van der Waals surface area contributed by atoms with Gasteiger partial charge in [-0.15, -0.1) is 23.5 Å². The highest BCUT2D eigenvalue weighted by Gasteiger charge is 2.60. The quantitative estimate of drug-likeness (QED) is 0.0648. The van der Waals surface area contributed by atoms with Crippen molar-refractivity contribution in [3.05, 3.63) is 0 Å². The third-order valence-corrected chi connectivity index (χ3v) is 19.1. The van der Waals surface area contributed by atoms with Crippen molar-refractivity contribution >= 4 is 117 Å². The lowest BCUT2D eigenvalue weighted by Crippen LogP contribution is -2.64. The second-order valence-electron chi connectivity index (χ2n) is 20.7. The van der Waals surface area contributed by atoms with Crippen LogP contribution in [0.15, 0.2) is 0 Å². The molecule has 0 unspecified atom stereocenters. The summed E-state index contributed by atoms with van der Waals surface area (Å²) in [7, 11) is 1.90. The summed E-state index contributed by atoms with van der Waals surface area (Å²) >= 11 is 1.65. The summed E-state index contributed by atoms with van der Waals surface area (Å²) in [4.78, 5) is 155. The van der Waals surface area contributed by atoms with Gasteiger partial charge in [-0.05, 0) is 27.7 Å². The summed E-state index contributed by atoms with van der Waals surface area (Å²) < 4.78 is 107. The molecule has 0 radical (unpaired) electrons. The monoisotopic (exact) mass is 1330 g/mol. The van der Waals surface area contributed by atoms with Crippen LogP contribution in [-0.4, -0.2) is 228 Å². The highest BCUT2D eigenvalue weighted by Crippen LogP contribution is 2.53. The van der Waals surface area contributed by atoms with E-state index in [1.54, 1.807) is 27.7 Å². The first-order valence-electron chi connectivity index (χ1n) is 27.6. The van der Waals surface area contributed by atoms with Gasteiger partial charge in [-0.3, -0.25) is 57.5 Å². The predicted molar refractivity (Wildman–Crippen MR) is 304 cm³/mol. The van der Waals surface area contributed by atoms with E-state index in [1.807, 2.05) is 0 Å². The van der Waals surface area contributed by atoms with Gasteiger partial charge in [-0.2, -0.15) is 0 Å². The summed E-state index contributed by atoms with van der Waals surface area (Å²) in [6.45, 7) is 17.2. The minimum absolute atomic E-state index is 0.547. The number of ether oxygens (including phenoxy) is 18. The van der Waals surface area contributed by atoms with Crippen LogP contribution in [0.2, 0.25) is 0 Å². The van der Waals surface area contributed by atoms with Gasteiger partial charge in [-0.25, -0.2) is 0 Å². The fourth-order valence-corrected chi connectivity index (χ4v) is 17.1. The molecule has 20 atom stereocenters. The predicted octanol–water partition coefficient (Wildman–Crippen LogP) is 2.76. The fraction of sp³-hybridized carbons (Fsp3) is 0.778. The van der Waals surface area contributed by atoms with E-state index in [1.165, 1.54) is 0 Å². The summed E-state index contributed by atoms with van der Waals surface area (Å²) in [5, 5.41) is -4.97. The first-order valence-corrected chi connectivity index (χ1v) is 31.8. The molecule has 0 bridgehead atoms. The van der Waals surface area contributed by atoms with Crippen LogP contribution in [-0.2, 0) is 143 Å². The number of carbonyl (C=O) groups excluding carboxylic acids is 12. The van der Waals surface area contributed by atoms with Crippen LogP contribution >= 0.6 is 45.1 Å². The van der Waals surface area contributed by atoms with Crippen LogP contribution in [0, 0.1) is 0 Å². The van der Waals surface area contributed by atoms with Crippen LogP contribution in [0.1, 0.15) is 111 Å². The minimum atomic E-state index is -1.67. The fourth-order valence-electron chi connectivity index (χ4n) is 9.40. The van der Waals surface area contributed by atoms with Crippen LogP contribution in [0.3, 0.4) is 0 Å². The van der Waals surface area contributed by atoms with Crippen molar-refractivity contribution in [1.29, 1.82) is 0 Å². The van der Waals surface area contributed by atoms with Crippen molar-refractivity contribution < 1.29 is 143 Å². The molecule has 4 saturated heterocycles. The van der Waals surface area contributed by atoms with E-state index in [4.69, 9.17) is 85.3 Å². The molecule has 0 aromatic heterocycles. The highest BCUT2D eigenvalue weighted by atomic mass is 33.1. The summed E-state index contributed by atoms with van der Waals surface area (Å²) in [5.74, 6) is -10.4. The normalized spacial score (nSPS) is 32.0. The Morgan fingerprint density at radius 1 is 0.295 bits per heavy atom. The summed E-state index contributed by atoms with van der Waals surface area (Å²) in [5.41, 5.74) is -3.08. The Labute approximate surface area is 524 Å². The van der Waals surface area contributed by atoms with Gasteiger partial charge in [0.2, 0.25) is 0 Å². The minimum Gasteiger partial charge on any atom is -0.463 e. The average molecular weight is 1340 g/mol. The van der Waals surface area contributed by atoms with E-state index in [0.29, 0.717) is 0 Å². The van der Waals surface area contributed by atoms with Crippen LogP contribution in [0.4, 0.5) is 0 Å². The maximum absolute atomic E-state index is 13.4. The molecule has 88 heavy (non-hydrogen) atoms. The lowest BCUT2D eigenvalue weighted by molar-refractivity contribution is -0.259. The van der Waals surface area contributed by atoms with E-state index in [9.17, 15) is 57.5 Å². The van der Waals surface area contributed by atoms with Gasteiger partial charge >= 0.3 is 71.6 Å². The number of esters is 12. The van der Waals surface area contributed by atoms with E-state index in [-0.39, 0.29) is 0 Å². The molecule has 4 aliphatic heterocycles. The SMILES string of the molecule is CC(=O)OC[C@H]1O[C@@H](S[C@H]2[C@H](SS[C@@H]3[C@@H](OC(C)=O)[C@@H](OC(C)C)O[C@H](COC(C)=O)[C@H]3S[C@@H]3O[C@H](COC(C)=O)[C@@H](OC(C)=O)[C@H](OC(C)=O)[C@H]3OC(C)=O)[C@@H](OC(C)=O)[C@@H](OC(C)C)O[C@@H]2COC(C)=O)[C@H](OC(C)=O)[C@@H](OC(C)=O)[C@@H]1OC(C)=O. The van der Waals surface area contributed by atoms with Gasteiger partial charge in [0, 0.05) is 83.1 Å². The second-order valence-corrected chi connectivity index (χ2v) is 25.9. The smallest absolute Gasteiger partial charge is 0.303 e. The molecular weight excluding hydrogens is 1260 g/mol. The number of carbonyl (C=O) groups is 12. The number of hydrogen-bond donors (Lipinski definition) is 0. The lowest BCUT2D eigenvalue weighted by atomic mass is 9.99. The van der Waals surface area contributed by atoms with E-state index in [0.717, 1.165) is 128 Å². The Bertz CT molecular complexity index is 2300. The molecule has 0 aromatic carbocycles. The van der Waals surface area contributed by atoms with Gasteiger partial charge < -0.3 is 85.3 Å². The van der Waals surface area contributed by atoms with Crippen molar-refractivity contribution in [2.45, 2.75) is 241 Å². The Kier molecular flexibility index (Phi) is 30.3. The molecule has 4 aliphatic rings. The van der Waals surface area contributed by atoms with Crippen LogP contribution < -0.4 is 0 Å². The molecule has 4 rings (SSSR count). The van der Waals surface area contributed by atoms with Gasteiger partial charge in [0.25, 0.3) is 0 Å². The zero-order valence-electron chi connectivity index (χ0n) is 51.4. The van der Waals surface area contributed by atoms with E-state index >= 15 is 0 Å². The molecule has 0 N–H and O–H groups in total. The molecular formula is C54H78O30S4. The first-order chi connectivity index (χ1) is 41.1. The zero-order valence-corrected chi connectivity index (χ0v) is 54.7. The molecule has 34 heteroatoms. The van der Waals surface area contributed by atoms with Crippen molar-refractivity contribution in [2.75, 3.05) is 26.4 Å². The van der Waals surface area contributed by atoms with Crippen molar-refractivity contribution in [3.63, 3.8) is 0 Å². The standard InChI is InChI=1S/C54H78O30S4/c1-21(2)71-51-45(79-33(15)65)49(47(37(81-51)19-69-25(7)57)85-53-43(77-31(13)63)41(75-29(11)61)39(73-27(9)59)35(83-53)17-67-23(5)55)87-88-50-46(80-34(16)66)52(72-22(3)4)82-38(20-70-26(8)58)48(50)86-54-44(78-32(14)64)42(76-30(12)62)40(74-28(10)60)36(84-54)18-68-24(6)56/h21-22,35-54H,17-20H2,1-16H3/t35-,36-,37-,38-,39-,40-,41+,42+,43-,44-,45-,46-,47-,48-,49-,50-,51+,52+,53+,54+/m1/s1. The second kappa shape index (κ2) is 35.4. The molecule has 0 amide bonds. The molecule has 4 fully saturated rings. The van der Waals surface area contributed by atoms with Crippen LogP contribution in [0.5, 0.6) is 0 Å². The molecule has 498 valence electrons. The average Bonchev–Trinajstić information content (AvgIpc) is 0.928. The van der Waals surface area contributed by atoms with Crippen LogP contribution in [0.25, 0.3) is 0 Å². The third kappa shape index (κ3) is 23.6. The molecule has 0 saturated carbocycles. The lowest BCUT2D eigenvalue weighted by Gasteiger charge is -2.50. The topological polar surface area (TPSA) is 371 Å². The van der Waals surface area contributed by atoms with E-state index in [2.05, 4.69) is 0 Å². The van der Waals surface area contributed by atoms with Gasteiger partial charge in [-0.1, -0.05) is 21.6 Å². The molecule has 4 heterocycles. The van der Waals surface area contributed by atoms with Crippen molar-refractivity contribution in [3.8, 4) is 0 Å². The summed E-state index contributed by atoms with van der Waals surface area (Å²) in [6, 6.07) is 0. The Morgan fingerprint density at radius 3 is 0.784 bits per heavy atom.